The first-order chi connectivity index (χ1) is 12.7. The molecule has 3 unspecified atom stereocenters. The number of carbonyl (C=O) groups is 5. The van der Waals surface area contributed by atoms with Crippen LogP contribution in [0.2, 0.25) is 0 Å². The standard InChI is InChI=1S/C15H24N4O8/c16-8(3-4-12(22)23)13(24)17-6-11(21)18-9(7-20)14(25)19-5-1-2-10(19)15(26)27/h8-10,20H,1-7,16H2,(H,17,24)(H,18,21)(H,22,23)(H,26,27). The van der Waals surface area contributed by atoms with Crippen LogP contribution in [0.15, 0.2) is 0 Å². The van der Waals surface area contributed by atoms with Crippen LogP contribution in [0.4, 0.5) is 0 Å². The summed E-state index contributed by atoms with van der Waals surface area (Å²) in [7, 11) is 0. The molecular formula is C15H24N4O8. The molecule has 152 valence electrons. The van der Waals surface area contributed by atoms with Gasteiger partial charge in [0.25, 0.3) is 0 Å². The zero-order valence-corrected chi connectivity index (χ0v) is 14.6. The van der Waals surface area contributed by atoms with Crippen LogP contribution in [0.3, 0.4) is 0 Å². The minimum absolute atomic E-state index is 0.105. The lowest BCUT2D eigenvalue weighted by Crippen LogP contribution is -2.55. The monoisotopic (exact) mass is 388 g/mol. The van der Waals surface area contributed by atoms with E-state index in [1.54, 1.807) is 0 Å². The number of aliphatic hydroxyl groups excluding tert-OH is 1. The Bertz CT molecular complexity index is 596. The fourth-order valence-electron chi connectivity index (χ4n) is 2.63. The molecule has 0 radical (unpaired) electrons. The van der Waals surface area contributed by atoms with Crippen LogP contribution < -0.4 is 16.4 Å². The molecule has 27 heavy (non-hydrogen) atoms. The molecule has 1 rings (SSSR count). The van der Waals surface area contributed by atoms with E-state index in [4.69, 9.17) is 15.9 Å². The van der Waals surface area contributed by atoms with E-state index in [9.17, 15) is 29.1 Å². The molecule has 0 aromatic heterocycles. The van der Waals surface area contributed by atoms with Crippen LogP contribution in [0.5, 0.6) is 0 Å². The summed E-state index contributed by atoms with van der Waals surface area (Å²) in [5.41, 5.74) is 5.49. The van der Waals surface area contributed by atoms with Crippen molar-refractivity contribution in [3.05, 3.63) is 0 Å². The maximum Gasteiger partial charge on any atom is 0.326 e. The van der Waals surface area contributed by atoms with Crippen molar-refractivity contribution in [1.82, 2.24) is 15.5 Å². The lowest BCUT2D eigenvalue weighted by atomic mass is 10.1. The molecule has 12 nitrogen and oxygen atoms in total. The number of likely N-dealkylation sites (tertiary alicyclic amines) is 1. The minimum atomic E-state index is -1.34. The maximum absolute atomic E-state index is 12.3. The van der Waals surface area contributed by atoms with Gasteiger partial charge in [-0.15, -0.1) is 0 Å². The molecule has 0 saturated carbocycles. The van der Waals surface area contributed by atoms with Crippen molar-refractivity contribution >= 4 is 29.7 Å². The largest absolute Gasteiger partial charge is 0.481 e. The second-order valence-electron chi connectivity index (χ2n) is 6.09. The number of carboxylic acid groups (broad SMARTS) is 2. The van der Waals surface area contributed by atoms with Crippen molar-refractivity contribution in [3.63, 3.8) is 0 Å². The van der Waals surface area contributed by atoms with Crippen LogP contribution in [-0.4, -0.2) is 87.7 Å². The Kier molecular flexibility index (Phi) is 8.62. The summed E-state index contributed by atoms with van der Waals surface area (Å²) in [6, 6.07) is -3.45. The van der Waals surface area contributed by atoms with E-state index in [1.165, 1.54) is 0 Å². The molecule has 0 bridgehead atoms. The number of hydrogen-bond acceptors (Lipinski definition) is 7. The van der Waals surface area contributed by atoms with Crippen LogP contribution in [-0.2, 0) is 24.0 Å². The fraction of sp³-hybridized carbons (Fsp3) is 0.667. The average molecular weight is 388 g/mol. The predicted molar refractivity (Wildman–Crippen MR) is 89.2 cm³/mol. The number of carbonyl (C=O) groups excluding carboxylic acids is 3. The van der Waals surface area contributed by atoms with Gasteiger partial charge in [-0.05, 0) is 19.3 Å². The molecular weight excluding hydrogens is 364 g/mol. The van der Waals surface area contributed by atoms with Gasteiger partial charge in [-0.2, -0.15) is 0 Å². The third-order valence-corrected chi connectivity index (χ3v) is 4.07. The van der Waals surface area contributed by atoms with Gasteiger partial charge in [-0.3, -0.25) is 19.2 Å². The summed E-state index contributed by atoms with van der Waals surface area (Å²) in [4.78, 5) is 58.6. The number of hydrogen-bond donors (Lipinski definition) is 6. The number of carboxylic acids is 2. The quantitative estimate of drug-likeness (QED) is 0.223. The van der Waals surface area contributed by atoms with Crippen molar-refractivity contribution in [3.8, 4) is 0 Å². The zero-order valence-electron chi connectivity index (χ0n) is 14.6. The summed E-state index contributed by atoms with van der Waals surface area (Å²) >= 11 is 0. The van der Waals surface area contributed by atoms with Crippen LogP contribution in [0.25, 0.3) is 0 Å². The number of amides is 3. The molecule has 1 fully saturated rings. The molecule has 0 aromatic carbocycles. The summed E-state index contributed by atoms with van der Waals surface area (Å²) in [6.07, 6.45) is 0.380. The number of aliphatic carboxylic acids is 2. The number of rotatable bonds is 10. The highest BCUT2D eigenvalue weighted by Gasteiger charge is 2.37. The third-order valence-electron chi connectivity index (χ3n) is 4.07. The maximum atomic E-state index is 12.3. The summed E-state index contributed by atoms with van der Waals surface area (Å²) in [5.74, 6) is -4.51. The molecule has 1 heterocycles. The van der Waals surface area contributed by atoms with E-state index in [0.29, 0.717) is 6.42 Å². The fourth-order valence-corrected chi connectivity index (χ4v) is 2.63. The normalized spacial score (nSPS) is 18.4. The van der Waals surface area contributed by atoms with Crippen molar-refractivity contribution < 1.29 is 39.3 Å². The van der Waals surface area contributed by atoms with Gasteiger partial charge >= 0.3 is 11.9 Å². The van der Waals surface area contributed by atoms with Gasteiger partial charge in [0.1, 0.15) is 12.1 Å². The van der Waals surface area contributed by atoms with Crippen LogP contribution >= 0.6 is 0 Å². The molecule has 12 heteroatoms. The second-order valence-corrected chi connectivity index (χ2v) is 6.09. The van der Waals surface area contributed by atoms with Crippen molar-refractivity contribution in [2.24, 2.45) is 5.73 Å². The molecule has 1 aliphatic rings. The predicted octanol–water partition coefficient (Wildman–Crippen LogP) is -3.15. The van der Waals surface area contributed by atoms with E-state index >= 15 is 0 Å². The summed E-state index contributed by atoms with van der Waals surface area (Å²) < 4.78 is 0. The highest BCUT2D eigenvalue weighted by molar-refractivity contribution is 5.92. The summed E-state index contributed by atoms with van der Waals surface area (Å²) in [6.45, 7) is -1.07. The summed E-state index contributed by atoms with van der Waals surface area (Å²) in [5, 5.41) is 31.4. The molecule has 1 aliphatic heterocycles. The van der Waals surface area contributed by atoms with E-state index in [0.717, 1.165) is 4.90 Å². The first-order valence-electron chi connectivity index (χ1n) is 8.36. The van der Waals surface area contributed by atoms with Crippen molar-refractivity contribution in [1.29, 1.82) is 0 Å². The molecule has 0 aliphatic carbocycles. The first-order valence-corrected chi connectivity index (χ1v) is 8.36. The smallest absolute Gasteiger partial charge is 0.326 e. The lowest BCUT2D eigenvalue weighted by molar-refractivity contribution is -0.149. The van der Waals surface area contributed by atoms with E-state index < -0.39 is 60.9 Å². The van der Waals surface area contributed by atoms with E-state index in [-0.39, 0.29) is 25.8 Å². The topological polar surface area (TPSA) is 199 Å². The Hall–Kier alpha value is -2.73. The molecule has 7 N–H and O–H groups in total. The molecule has 3 atom stereocenters. The molecule has 0 aromatic rings. The minimum Gasteiger partial charge on any atom is -0.481 e. The van der Waals surface area contributed by atoms with Crippen LogP contribution in [0.1, 0.15) is 25.7 Å². The highest BCUT2D eigenvalue weighted by atomic mass is 16.4. The van der Waals surface area contributed by atoms with Gasteiger partial charge in [0.15, 0.2) is 0 Å². The zero-order chi connectivity index (χ0) is 20.6. The van der Waals surface area contributed by atoms with Crippen molar-refractivity contribution in [2.45, 2.75) is 43.8 Å². The van der Waals surface area contributed by atoms with Gasteiger partial charge in [-0.1, -0.05) is 0 Å². The Morgan fingerprint density at radius 3 is 2.41 bits per heavy atom. The first kappa shape index (κ1) is 22.3. The number of aliphatic hydroxyl groups is 1. The number of nitrogens with one attached hydrogen (secondary N) is 2. The van der Waals surface area contributed by atoms with E-state index in [2.05, 4.69) is 10.6 Å². The lowest BCUT2D eigenvalue weighted by Gasteiger charge is -2.26. The SMILES string of the molecule is NC(CCC(=O)O)C(=O)NCC(=O)NC(CO)C(=O)N1CCCC1C(=O)O. The number of nitrogens with two attached hydrogens (primary N) is 1. The molecule has 1 saturated heterocycles. The van der Waals surface area contributed by atoms with E-state index in [1.807, 2.05) is 0 Å². The number of nitrogens with zero attached hydrogens (tertiary/aromatic N) is 1. The molecule has 0 spiro atoms. The Labute approximate surface area is 154 Å². The van der Waals surface area contributed by atoms with Gasteiger partial charge in [-0.25, -0.2) is 4.79 Å². The third kappa shape index (κ3) is 6.83. The van der Waals surface area contributed by atoms with Gasteiger partial charge < -0.3 is 36.6 Å². The van der Waals surface area contributed by atoms with Crippen molar-refractivity contribution in [2.75, 3.05) is 19.7 Å². The average Bonchev–Trinajstić information content (AvgIpc) is 3.11. The van der Waals surface area contributed by atoms with Crippen LogP contribution in [0, 0.1) is 0 Å². The van der Waals surface area contributed by atoms with Gasteiger partial charge in [0.05, 0.1) is 19.2 Å². The second kappa shape index (κ2) is 10.4. The Morgan fingerprint density at radius 1 is 1.19 bits per heavy atom. The van der Waals surface area contributed by atoms with Gasteiger partial charge in [0, 0.05) is 13.0 Å². The Morgan fingerprint density at radius 2 is 1.85 bits per heavy atom. The molecule has 3 amide bonds. The highest BCUT2D eigenvalue weighted by Crippen LogP contribution is 2.18. The van der Waals surface area contributed by atoms with Gasteiger partial charge in [0.2, 0.25) is 17.7 Å². The Balaban J connectivity index is 2.51.